The van der Waals surface area contributed by atoms with E-state index in [2.05, 4.69) is 22.5 Å². The Balaban J connectivity index is 2.76. The fraction of sp³-hybridized carbons (Fsp3) is 0. The van der Waals surface area contributed by atoms with Gasteiger partial charge in [-0.2, -0.15) is 5.26 Å². The van der Waals surface area contributed by atoms with Crippen molar-refractivity contribution in [2.24, 2.45) is 0 Å². The van der Waals surface area contributed by atoms with E-state index in [1.54, 1.807) is 24.3 Å². The second-order valence-corrected chi connectivity index (χ2v) is 4.54. The lowest BCUT2D eigenvalue weighted by atomic mass is 10.0. The fourth-order valence-corrected chi connectivity index (χ4v) is 2.08. The van der Waals surface area contributed by atoms with E-state index < -0.39 is 5.63 Å². The molecule has 0 amide bonds. The molecule has 0 aliphatic carbocycles. The number of hydrogen-bond acceptors (Lipinski definition) is 4. The van der Waals surface area contributed by atoms with Gasteiger partial charge in [0.25, 0.3) is 0 Å². The summed E-state index contributed by atoms with van der Waals surface area (Å²) in [5.74, 6) is 1.95. The molecule has 0 saturated carbocycles. The Labute approximate surface area is 116 Å². The Morgan fingerprint density at radius 3 is 2.84 bits per heavy atom. The van der Waals surface area contributed by atoms with Gasteiger partial charge < -0.3 is 4.42 Å². The minimum atomic E-state index is -0.599. The summed E-state index contributed by atoms with van der Waals surface area (Å²) in [6, 6.07) is 8.59. The highest BCUT2D eigenvalue weighted by Crippen LogP contribution is 2.26. The predicted octanol–water partition coefficient (Wildman–Crippen LogP) is 3.27. The van der Waals surface area contributed by atoms with Gasteiger partial charge in [0.05, 0.1) is 5.56 Å². The molecule has 0 atom stereocenters. The van der Waals surface area contributed by atoms with Crippen molar-refractivity contribution in [2.75, 3.05) is 0 Å². The number of hydrogen-bond donors (Lipinski definition) is 1. The molecule has 1 N–H and O–H groups in total. The molecule has 0 unspecified atom stereocenters. The predicted molar refractivity (Wildman–Crippen MR) is 76.1 cm³/mol. The zero-order valence-corrected chi connectivity index (χ0v) is 11.2. The maximum atomic E-state index is 11.9. The average Bonchev–Trinajstić information content (AvgIpc) is 2.39. The van der Waals surface area contributed by atoms with Crippen LogP contribution >= 0.6 is 15.9 Å². The first-order valence-corrected chi connectivity index (χ1v) is 5.99. The standard InChI is InChI=1S/C14H7BrN2O2/c1-8(9(6-16)7-17)10-5-11-12(15)3-2-4-13(11)19-14(10)18/h2-5,16H,1H2. The minimum Gasteiger partial charge on any atom is -0.422 e. The van der Waals surface area contributed by atoms with Crippen LogP contribution in [0.1, 0.15) is 5.56 Å². The van der Waals surface area contributed by atoms with Gasteiger partial charge in [-0.15, -0.1) is 0 Å². The van der Waals surface area contributed by atoms with Crippen LogP contribution in [0.5, 0.6) is 0 Å². The molecule has 19 heavy (non-hydrogen) atoms. The van der Waals surface area contributed by atoms with Gasteiger partial charge in [0.1, 0.15) is 17.2 Å². The maximum Gasteiger partial charge on any atom is 0.344 e. The van der Waals surface area contributed by atoms with Crippen LogP contribution in [-0.4, -0.2) is 5.87 Å². The molecule has 0 bridgehead atoms. The summed E-state index contributed by atoms with van der Waals surface area (Å²) in [5.41, 5.74) is 0.0187. The zero-order chi connectivity index (χ0) is 14.0. The molecule has 1 aromatic heterocycles. The lowest BCUT2D eigenvalue weighted by molar-refractivity contribution is 0.558. The number of rotatable bonds is 2. The van der Waals surface area contributed by atoms with E-state index in [0.29, 0.717) is 11.0 Å². The van der Waals surface area contributed by atoms with E-state index in [-0.39, 0.29) is 16.7 Å². The third kappa shape index (κ3) is 2.27. The van der Waals surface area contributed by atoms with Crippen LogP contribution in [-0.2, 0) is 0 Å². The number of nitriles is 1. The average molecular weight is 315 g/mol. The third-order valence-corrected chi connectivity index (χ3v) is 3.28. The Morgan fingerprint density at radius 2 is 2.21 bits per heavy atom. The third-order valence-electron chi connectivity index (χ3n) is 2.59. The highest BCUT2D eigenvalue weighted by atomic mass is 79.9. The van der Waals surface area contributed by atoms with Gasteiger partial charge in [-0.3, -0.25) is 5.41 Å². The number of nitrogens with one attached hydrogen (secondary N) is 1. The van der Waals surface area contributed by atoms with E-state index in [4.69, 9.17) is 15.1 Å². The van der Waals surface area contributed by atoms with Crippen LogP contribution in [0.2, 0.25) is 0 Å². The van der Waals surface area contributed by atoms with Gasteiger partial charge in [-0.25, -0.2) is 4.79 Å². The van der Waals surface area contributed by atoms with Gasteiger partial charge >= 0.3 is 5.63 Å². The molecule has 0 saturated heterocycles. The molecular weight excluding hydrogens is 308 g/mol. The molecule has 1 aromatic carbocycles. The van der Waals surface area contributed by atoms with Crippen LogP contribution in [0.25, 0.3) is 16.5 Å². The summed E-state index contributed by atoms with van der Waals surface area (Å²) >= 11 is 3.36. The SMILES string of the molecule is C=C(C(=C=N)C#N)c1cc2c(Br)cccc2oc1=O. The molecule has 4 nitrogen and oxygen atoms in total. The zero-order valence-electron chi connectivity index (χ0n) is 9.66. The number of nitrogens with zero attached hydrogens (tertiary/aromatic N) is 1. The molecule has 0 radical (unpaired) electrons. The highest BCUT2D eigenvalue weighted by molar-refractivity contribution is 9.10. The monoisotopic (exact) mass is 314 g/mol. The van der Waals surface area contributed by atoms with Crippen LogP contribution < -0.4 is 5.63 Å². The van der Waals surface area contributed by atoms with Crippen molar-refractivity contribution in [2.45, 2.75) is 0 Å². The Morgan fingerprint density at radius 1 is 1.47 bits per heavy atom. The highest BCUT2D eigenvalue weighted by Gasteiger charge is 2.13. The van der Waals surface area contributed by atoms with E-state index >= 15 is 0 Å². The van der Waals surface area contributed by atoms with Gasteiger partial charge in [-0.05, 0) is 24.1 Å². The molecule has 0 aliphatic heterocycles. The second kappa shape index (κ2) is 5.07. The first kappa shape index (κ1) is 13.0. The van der Waals surface area contributed by atoms with Crippen molar-refractivity contribution in [1.82, 2.24) is 0 Å². The van der Waals surface area contributed by atoms with Gasteiger partial charge in [-0.1, -0.05) is 28.6 Å². The van der Waals surface area contributed by atoms with Crippen molar-refractivity contribution in [1.29, 1.82) is 10.7 Å². The summed E-state index contributed by atoms with van der Waals surface area (Å²) in [5, 5.41) is 16.5. The molecular formula is C14H7BrN2O2. The van der Waals surface area contributed by atoms with Gasteiger partial charge in [0, 0.05) is 15.4 Å². The summed E-state index contributed by atoms with van der Waals surface area (Å²) in [6.07, 6.45) is 0. The molecule has 0 aliphatic rings. The lowest BCUT2D eigenvalue weighted by Crippen LogP contribution is -2.07. The Kier molecular flexibility index (Phi) is 3.48. The molecule has 0 spiro atoms. The van der Waals surface area contributed by atoms with E-state index in [1.807, 2.05) is 11.9 Å². The van der Waals surface area contributed by atoms with Gasteiger partial charge in [0.2, 0.25) is 0 Å². The largest absolute Gasteiger partial charge is 0.422 e. The van der Waals surface area contributed by atoms with Crippen LogP contribution in [0.3, 0.4) is 0 Å². The number of benzene rings is 1. The molecule has 2 aromatic rings. The molecule has 5 heteroatoms. The summed E-state index contributed by atoms with van der Waals surface area (Å²) in [4.78, 5) is 11.9. The van der Waals surface area contributed by atoms with Crippen LogP contribution in [0.4, 0.5) is 0 Å². The fourth-order valence-electron chi connectivity index (χ4n) is 1.62. The van der Waals surface area contributed by atoms with Crippen LogP contribution in [0, 0.1) is 16.7 Å². The number of allylic oxidation sites excluding steroid dienone is 2. The van der Waals surface area contributed by atoms with E-state index in [9.17, 15) is 4.79 Å². The second-order valence-electron chi connectivity index (χ2n) is 3.69. The van der Waals surface area contributed by atoms with Crippen molar-refractivity contribution < 1.29 is 4.42 Å². The Hall–Kier alpha value is -2.41. The summed E-state index contributed by atoms with van der Waals surface area (Å²) in [7, 11) is 0. The van der Waals surface area contributed by atoms with Gasteiger partial charge in [0.15, 0.2) is 0 Å². The van der Waals surface area contributed by atoms with Crippen molar-refractivity contribution >= 4 is 38.3 Å². The quantitative estimate of drug-likeness (QED) is 0.400. The normalized spacial score (nSPS) is 9.68. The lowest BCUT2D eigenvalue weighted by Gasteiger charge is -2.04. The topological polar surface area (TPSA) is 77.8 Å². The number of halogens is 1. The molecule has 92 valence electrons. The summed E-state index contributed by atoms with van der Waals surface area (Å²) < 4.78 is 5.94. The summed E-state index contributed by atoms with van der Waals surface area (Å²) in [6.45, 7) is 3.65. The smallest absolute Gasteiger partial charge is 0.344 e. The number of fused-ring (bicyclic) bond motifs is 1. The van der Waals surface area contributed by atoms with Crippen molar-refractivity contribution in [3.05, 3.63) is 56.9 Å². The van der Waals surface area contributed by atoms with E-state index in [0.717, 1.165) is 4.47 Å². The van der Waals surface area contributed by atoms with E-state index in [1.165, 1.54) is 0 Å². The maximum absolute atomic E-state index is 11.9. The van der Waals surface area contributed by atoms with Crippen molar-refractivity contribution in [3.8, 4) is 6.07 Å². The Bertz CT molecular complexity index is 837. The van der Waals surface area contributed by atoms with Crippen LogP contribution in [0.15, 0.2) is 50.1 Å². The molecule has 1 heterocycles. The molecule has 2 rings (SSSR count). The molecule has 0 fully saturated rings. The first-order valence-electron chi connectivity index (χ1n) is 5.20. The first-order chi connectivity index (χ1) is 9.08. The van der Waals surface area contributed by atoms with Crippen molar-refractivity contribution in [3.63, 3.8) is 0 Å². The minimum absolute atomic E-state index is 0.0984.